The van der Waals surface area contributed by atoms with Crippen molar-refractivity contribution in [2.75, 3.05) is 6.61 Å². The van der Waals surface area contributed by atoms with E-state index in [-0.39, 0.29) is 18.7 Å². The summed E-state index contributed by atoms with van der Waals surface area (Å²) in [5.41, 5.74) is 0.889. The number of carbonyl (C=O) groups excluding carboxylic acids is 3. The summed E-state index contributed by atoms with van der Waals surface area (Å²) < 4.78 is 14.8. The third kappa shape index (κ3) is 5.69. The lowest BCUT2D eigenvalue weighted by atomic mass is 10.1. The zero-order valence-corrected chi connectivity index (χ0v) is 13.8. The first-order chi connectivity index (χ1) is 10.8. The average Bonchev–Trinajstić information content (AvgIpc) is 2.47. The van der Waals surface area contributed by atoms with E-state index in [4.69, 9.17) is 9.47 Å². The Hall–Kier alpha value is -2.44. The van der Waals surface area contributed by atoms with E-state index >= 15 is 0 Å². The quantitative estimate of drug-likeness (QED) is 0.330. The molecule has 1 rings (SSSR count). The molecule has 1 aromatic heterocycles. The predicted octanol–water partition coefficient (Wildman–Crippen LogP) is 2.81. The van der Waals surface area contributed by atoms with Crippen LogP contribution in [0, 0.1) is 6.92 Å². The lowest BCUT2D eigenvalue weighted by Gasteiger charge is -2.27. The molecule has 0 radical (unpaired) electrons. The number of rotatable bonds is 7. The van der Waals surface area contributed by atoms with E-state index in [2.05, 4.69) is 9.72 Å². The maximum absolute atomic E-state index is 12.1. The summed E-state index contributed by atoms with van der Waals surface area (Å²) >= 11 is 0. The van der Waals surface area contributed by atoms with Crippen LogP contribution in [0.3, 0.4) is 0 Å². The van der Waals surface area contributed by atoms with Crippen LogP contribution in [0.2, 0.25) is 0 Å². The number of ether oxygens (including phenoxy) is 3. The Bertz CT molecular complexity index is 586. The van der Waals surface area contributed by atoms with E-state index in [0.29, 0.717) is 5.56 Å². The third-order valence-electron chi connectivity index (χ3n) is 3.11. The van der Waals surface area contributed by atoms with E-state index in [0.717, 1.165) is 0 Å². The van der Waals surface area contributed by atoms with Gasteiger partial charge in [0.05, 0.1) is 6.61 Å². The van der Waals surface area contributed by atoms with E-state index in [9.17, 15) is 14.4 Å². The third-order valence-corrected chi connectivity index (χ3v) is 3.11. The van der Waals surface area contributed by atoms with E-state index in [1.54, 1.807) is 32.9 Å². The van der Waals surface area contributed by atoms with Gasteiger partial charge in [-0.1, -0.05) is 13.0 Å². The van der Waals surface area contributed by atoms with Gasteiger partial charge in [-0.05, 0) is 25.5 Å². The number of esters is 1. The van der Waals surface area contributed by atoms with Crippen molar-refractivity contribution in [1.29, 1.82) is 0 Å². The summed E-state index contributed by atoms with van der Waals surface area (Å²) in [4.78, 5) is 39.4. The zero-order chi connectivity index (χ0) is 17.5. The second-order valence-electron chi connectivity index (χ2n) is 5.02. The number of nitrogens with zero attached hydrogens (tertiary/aromatic N) is 1. The van der Waals surface area contributed by atoms with Gasteiger partial charge >= 0.3 is 12.1 Å². The van der Waals surface area contributed by atoms with Crippen molar-refractivity contribution < 1.29 is 28.6 Å². The maximum Gasteiger partial charge on any atom is 0.511 e. The molecule has 1 unspecified atom stereocenters. The monoisotopic (exact) mass is 323 g/mol. The molecule has 126 valence electrons. The average molecular weight is 323 g/mol. The van der Waals surface area contributed by atoms with Gasteiger partial charge in [0.25, 0.3) is 5.79 Å². The van der Waals surface area contributed by atoms with Gasteiger partial charge in [-0.3, -0.25) is 14.6 Å². The van der Waals surface area contributed by atoms with Gasteiger partial charge in [0.1, 0.15) is 12.1 Å². The minimum Gasteiger partial charge on any atom is -0.434 e. The number of aromatic nitrogens is 1. The molecular formula is C16H21NO6. The van der Waals surface area contributed by atoms with Crippen LogP contribution in [0.1, 0.15) is 49.7 Å². The largest absolute Gasteiger partial charge is 0.511 e. The predicted molar refractivity (Wildman–Crippen MR) is 80.8 cm³/mol. The number of aryl methyl sites for hydroxylation is 1. The second kappa shape index (κ2) is 8.26. The lowest BCUT2D eigenvalue weighted by molar-refractivity contribution is -0.207. The lowest BCUT2D eigenvalue weighted by Crippen LogP contribution is -2.37. The van der Waals surface area contributed by atoms with E-state index < -0.39 is 30.1 Å². The van der Waals surface area contributed by atoms with Crippen molar-refractivity contribution in [3.05, 3.63) is 29.6 Å². The highest BCUT2D eigenvalue weighted by atomic mass is 16.8. The highest BCUT2D eigenvalue weighted by Gasteiger charge is 2.33. The Morgan fingerprint density at radius 3 is 2.48 bits per heavy atom. The molecule has 23 heavy (non-hydrogen) atoms. The van der Waals surface area contributed by atoms with Crippen molar-refractivity contribution in [1.82, 2.24) is 4.98 Å². The summed E-state index contributed by atoms with van der Waals surface area (Å²) in [5.74, 6) is -2.74. The van der Waals surface area contributed by atoms with Crippen molar-refractivity contribution in [3.63, 3.8) is 0 Å². The Balaban J connectivity index is 2.68. The molecule has 0 aliphatic heterocycles. The first kappa shape index (κ1) is 18.6. The minimum absolute atomic E-state index is 0.143. The first-order valence-electron chi connectivity index (χ1n) is 7.33. The summed E-state index contributed by atoms with van der Waals surface area (Å²) in [6, 6.07) is 3.43. The van der Waals surface area contributed by atoms with E-state index in [1.807, 2.05) is 0 Å². The molecule has 0 saturated carbocycles. The fourth-order valence-corrected chi connectivity index (χ4v) is 1.76. The Labute approximate surface area is 134 Å². The Kier molecular flexibility index (Phi) is 6.68. The van der Waals surface area contributed by atoms with Gasteiger partial charge in [-0.15, -0.1) is 0 Å². The number of pyridine rings is 1. The first-order valence-corrected chi connectivity index (χ1v) is 7.33. The molecule has 0 saturated heterocycles. The Morgan fingerprint density at radius 1 is 1.22 bits per heavy atom. The number of hydrogen-bond donors (Lipinski definition) is 0. The van der Waals surface area contributed by atoms with Crippen LogP contribution in [0.25, 0.3) is 0 Å². The van der Waals surface area contributed by atoms with Crippen molar-refractivity contribution in [3.8, 4) is 0 Å². The van der Waals surface area contributed by atoms with Gasteiger partial charge in [0.15, 0.2) is 5.78 Å². The van der Waals surface area contributed by atoms with Crippen LogP contribution < -0.4 is 0 Å². The van der Waals surface area contributed by atoms with Crippen LogP contribution in [0.5, 0.6) is 0 Å². The topological polar surface area (TPSA) is 91.8 Å². The number of Topliss-reactive ketones (excluding diaryl/α,β-unsaturated/α-hetero) is 1. The standard InChI is InChI=1S/C16H21NO6/c1-5-16(4,23-15(20)21-6-2)22-13(19)10-12(18)14-11(3)8-7-9-17-14/h7-9H,5-6,10H2,1-4H3. The fraction of sp³-hybridized carbons (Fsp3) is 0.500. The highest BCUT2D eigenvalue weighted by molar-refractivity contribution is 6.05. The van der Waals surface area contributed by atoms with Gasteiger partial charge < -0.3 is 14.2 Å². The molecule has 0 aliphatic carbocycles. The summed E-state index contributed by atoms with van der Waals surface area (Å²) in [7, 11) is 0. The number of carbonyl (C=O) groups is 3. The van der Waals surface area contributed by atoms with Crippen LogP contribution in [-0.2, 0) is 19.0 Å². The van der Waals surface area contributed by atoms with Crippen molar-refractivity contribution in [2.24, 2.45) is 0 Å². The number of ketones is 1. The normalized spacial score (nSPS) is 12.9. The molecule has 0 aliphatic rings. The fourth-order valence-electron chi connectivity index (χ4n) is 1.76. The van der Waals surface area contributed by atoms with Gasteiger partial charge in [0.2, 0.25) is 0 Å². The highest BCUT2D eigenvalue weighted by Crippen LogP contribution is 2.19. The molecule has 0 N–H and O–H groups in total. The molecule has 1 heterocycles. The molecule has 0 bridgehead atoms. The molecule has 0 aromatic carbocycles. The zero-order valence-electron chi connectivity index (χ0n) is 13.8. The summed E-state index contributed by atoms with van der Waals surface area (Å²) in [6.07, 6.45) is 0.274. The number of hydrogen-bond acceptors (Lipinski definition) is 7. The minimum atomic E-state index is -1.48. The van der Waals surface area contributed by atoms with Gasteiger partial charge in [-0.2, -0.15) is 0 Å². The molecular weight excluding hydrogens is 302 g/mol. The molecule has 1 aromatic rings. The van der Waals surface area contributed by atoms with Crippen LogP contribution in [-0.4, -0.2) is 35.3 Å². The van der Waals surface area contributed by atoms with Gasteiger partial charge in [-0.25, -0.2) is 4.79 Å². The van der Waals surface area contributed by atoms with Crippen LogP contribution >= 0.6 is 0 Å². The SMILES string of the molecule is CCOC(=O)OC(C)(CC)OC(=O)CC(=O)c1ncccc1C. The molecule has 0 amide bonds. The van der Waals surface area contributed by atoms with Crippen molar-refractivity contribution in [2.45, 2.75) is 46.3 Å². The molecule has 7 heteroatoms. The van der Waals surface area contributed by atoms with E-state index in [1.165, 1.54) is 13.1 Å². The van der Waals surface area contributed by atoms with Crippen LogP contribution in [0.15, 0.2) is 18.3 Å². The maximum atomic E-state index is 12.1. The van der Waals surface area contributed by atoms with Crippen LogP contribution in [0.4, 0.5) is 4.79 Å². The Morgan fingerprint density at radius 2 is 1.91 bits per heavy atom. The molecule has 0 fully saturated rings. The second-order valence-corrected chi connectivity index (χ2v) is 5.02. The summed E-state index contributed by atoms with van der Waals surface area (Å²) in [5, 5.41) is 0. The molecule has 7 nitrogen and oxygen atoms in total. The van der Waals surface area contributed by atoms with Gasteiger partial charge in [0, 0.05) is 19.5 Å². The molecule has 0 spiro atoms. The smallest absolute Gasteiger partial charge is 0.434 e. The molecule has 1 atom stereocenters. The summed E-state index contributed by atoms with van der Waals surface area (Å²) in [6.45, 7) is 6.61. The van der Waals surface area contributed by atoms with Crippen molar-refractivity contribution >= 4 is 17.9 Å².